The van der Waals surface area contributed by atoms with Crippen molar-refractivity contribution in [2.75, 3.05) is 18.0 Å². The van der Waals surface area contributed by atoms with Crippen molar-refractivity contribution in [3.05, 3.63) is 71.3 Å². The second-order valence-corrected chi connectivity index (χ2v) is 10.3. The molecule has 7 heteroatoms. The van der Waals surface area contributed by atoms with Gasteiger partial charge in [0, 0.05) is 53.6 Å². The van der Waals surface area contributed by atoms with Gasteiger partial charge in [-0.25, -0.2) is 0 Å². The summed E-state index contributed by atoms with van der Waals surface area (Å²) >= 11 is 6.48. The molecule has 1 saturated carbocycles. The number of fused-ring (bicyclic) bond motifs is 1. The normalized spacial score (nSPS) is 19.3. The third kappa shape index (κ3) is 3.31. The SMILES string of the molecule is Clc1cnccc1-c1noc(C2CC2)c1C1=CC2(CCN(c3ccc4ccnnc4c3)CC2)C1. The zero-order chi connectivity index (χ0) is 22.7. The van der Waals surface area contributed by atoms with E-state index < -0.39 is 0 Å². The van der Waals surface area contributed by atoms with Gasteiger partial charge in [-0.1, -0.05) is 28.9 Å². The smallest absolute Gasteiger partial charge is 0.147 e. The Bertz CT molecular complexity index is 1430. The number of aromatic nitrogens is 4. The molecule has 4 heterocycles. The Labute approximate surface area is 202 Å². The molecule has 2 fully saturated rings. The van der Waals surface area contributed by atoms with Crippen molar-refractivity contribution < 1.29 is 4.52 Å². The van der Waals surface area contributed by atoms with Crippen LogP contribution in [0.15, 0.2) is 59.5 Å². The minimum absolute atomic E-state index is 0.264. The van der Waals surface area contributed by atoms with Crippen LogP contribution in [0.1, 0.15) is 49.3 Å². The summed E-state index contributed by atoms with van der Waals surface area (Å²) < 4.78 is 5.88. The number of nitrogens with zero attached hydrogens (tertiary/aromatic N) is 5. The van der Waals surface area contributed by atoms with Gasteiger partial charge in [0.25, 0.3) is 0 Å². The molecule has 7 rings (SSSR count). The fourth-order valence-corrected chi connectivity index (χ4v) is 5.77. The van der Waals surface area contributed by atoms with Crippen molar-refractivity contribution >= 4 is 33.8 Å². The molecule has 6 nitrogen and oxygen atoms in total. The van der Waals surface area contributed by atoms with Crippen LogP contribution < -0.4 is 4.90 Å². The molecule has 0 atom stereocenters. The zero-order valence-corrected chi connectivity index (χ0v) is 19.5. The van der Waals surface area contributed by atoms with Gasteiger partial charge in [-0.05, 0) is 67.4 Å². The van der Waals surface area contributed by atoms with Gasteiger partial charge in [0.05, 0.1) is 16.7 Å². The summed E-state index contributed by atoms with van der Waals surface area (Å²) in [5.74, 6) is 1.53. The van der Waals surface area contributed by atoms with Gasteiger partial charge in [-0.15, -0.1) is 0 Å². The van der Waals surface area contributed by atoms with Crippen molar-refractivity contribution in [2.24, 2.45) is 5.41 Å². The molecular weight excluding hydrogens is 446 g/mol. The van der Waals surface area contributed by atoms with Gasteiger partial charge in [-0.3, -0.25) is 4.98 Å². The summed E-state index contributed by atoms with van der Waals surface area (Å²) in [5, 5.41) is 14.5. The van der Waals surface area contributed by atoms with E-state index in [-0.39, 0.29) is 5.41 Å². The number of pyridine rings is 1. The first-order chi connectivity index (χ1) is 16.7. The third-order valence-corrected chi connectivity index (χ3v) is 7.96. The Morgan fingerprint density at radius 2 is 1.91 bits per heavy atom. The quantitative estimate of drug-likeness (QED) is 0.350. The maximum absolute atomic E-state index is 6.48. The Hall–Kier alpha value is -3.25. The van der Waals surface area contributed by atoms with E-state index >= 15 is 0 Å². The highest BCUT2D eigenvalue weighted by molar-refractivity contribution is 6.33. The van der Waals surface area contributed by atoms with Crippen LogP contribution in [-0.2, 0) is 0 Å². The van der Waals surface area contributed by atoms with Gasteiger partial charge in [0.2, 0.25) is 0 Å². The average Bonchev–Trinajstić information content (AvgIpc) is 3.61. The van der Waals surface area contributed by atoms with Gasteiger partial charge >= 0.3 is 0 Å². The van der Waals surface area contributed by atoms with E-state index in [4.69, 9.17) is 16.1 Å². The molecule has 0 radical (unpaired) electrons. The number of halogens is 1. The lowest BCUT2D eigenvalue weighted by atomic mass is 9.63. The molecule has 2 aliphatic carbocycles. The number of hydrogen-bond donors (Lipinski definition) is 0. The summed E-state index contributed by atoms with van der Waals surface area (Å²) in [6, 6.07) is 10.4. The number of benzene rings is 1. The van der Waals surface area contributed by atoms with Crippen LogP contribution in [0.5, 0.6) is 0 Å². The van der Waals surface area contributed by atoms with Crippen LogP contribution in [0.3, 0.4) is 0 Å². The summed E-state index contributed by atoms with van der Waals surface area (Å²) in [7, 11) is 0. The zero-order valence-electron chi connectivity index (χ0n) is 18.7. The van der Waals surface area contributed by atoms with E-state index in [0.29, 0.717) is 10.9 Å². The molecule has 0 amide bonds. The maximum Gasteiger partial charge on any atom is 0.147 e. The first-order valence-corrected chi connectivity index (χ1v) is 12.3. The third-order valence-electron chi connectivity index (χ3n) is 7.66. The van der Waals surface area contributed by atoms with E-state index in [0.717, 1.165) is 60.3 Å². The number of anilines is 1. The molecule has 4 aromatic rings. The molecule has 3 aliphatic rings. The van der Waals surface area contributed by atoms with Gasteiger partial charge in [0.15, 0.2) is 0 Å². The molecule has 0 bridgehead atoms. The molecule has 1 aromatic carbocycles. The van der Waals surface area contributed by atoms with E-state index in [2.05, 4.69) is 49.5 Å². The van der Waals surface area contributed by atoms with Crippen LogP contribution in [0.4, 0.5) is 5.69 Å². The largest absolute Gasteiger partial charge is 0.371 e. The predicted octanol–water partition coefficient (Wildman–Crippen LogP) is 6.28. The topological polar surface area (TPSA) is 67.9 Å². The fourth-order valence-electron chi connectivity index (χ4n) is 5.57. The predicted molar refractivity (Wildman–Crippen MR) is 133 cm³/mol. The first-order valence-electron chi connectivity index (χ1n) is 12.0. The highest BCUT2D eigenvalue weighted by Crippen LogP contribution is 2.56. The van der Waals surface area contributed by atoms with Crippen molar-refractivity contribution in [1.82, 2.24) is 20.3 Å². The number of hydrogen-bond acceptors (Lipinski definition) is 6. The minimum Gasteiger partial charge on any atom is -0.371 e. The molecule has 1 spiro atoms. The van der Waals surface area contributed by atoms with Crippen LogP contribution in [0.2, 0.25) is 5.02 Å². The van der Waals surface area contributed by atoms with E-state index in [9.17, 15) is 0 Å². The minimum atomic E-state index is 0.264. The first kappa shape index (κ1) is 20.2. The Morgan fingerprint density at radius 1 is 1.06 bits per heavy atom. The number of rotatable bonds is 4. The van der Waals surface area contributed by atoms with Gasteiger partial charge in [0.1, 0.15) is 11.5 Å². The van der Waals surface area contributed by atoms with Gasteiger partial charge < -0.3 is 9.42 Å². The summed E-state index contributed by atoms with van der Waals surface area (Å²) in [6.07, 6.45) is 13.4. The maximum atomic E-state index is 6.48. The summed E-state index contributed by atoms with van der Waals surface area (Å²) in [6.45, 7) is 2.08. The molecule has 0 N–H and O–H groups in total. The van der Waals surface area contributed by atoms with Crippen molar-refractivity contribution in [1.29, 1.82) is 0 Å². The lowest BCUT2D eigenvalue weighted by Gasteiger charge is -2.47. The average molecular weight is 470 g/mol. The lowest BCUT2D eigenvalue weighted by molar-refractivity contribution is 0.277. The number of piperidine rings is 1. The highest BCUT2D eigenvalue weighted by Gasteiger charge is 2.43. The molecule has 0 unspecified atom stereocenters. The number of allylic oxidation sites excluding steroid dienone is 2. The Balaban J connectivity index is 1.15. The second kappa shape index (κ2) is 7.64. The van der Waals surface area contributed by atoms with Crippen molar-refractivity contribution in [3.8, 4) is 11.3 Å². The Kier molecular flexibility index (Phi) is 4.53. The molecule has 1 saturated heterocycles. The standard InChI is InChI=1S/C27H24ClN5O/c28-22-16-29-9-6-21(22)25-24(26(34-32-25)18-1-2-18)19-14-27(15-19)7-11-33(12-8-27)20-4-3-17-5-10-30-31-23(17)13-20/h3-6,9-10,13-14,16,18H,1-2,7-8,11-12,15H2. The van der Waals surface area contributed by atoms with Crippen LogP contribution in [0.25, 0.3) is 27.7 Å². The van der Waals surface area contributed by atoms with Crippen molar-refractivity contribution in [2.45, 2.75) is 38.0 Å². The van der Waals surface area contributed by atoms with Crippen LogP contribution in [-0.4, -0.2) is 33.4 Å². The summed E-state index contributed by atoms with van der Waals surface area (Å²) in [4.78, 5) is 6.61. The van der Waals surface area contributed by atoms with Crippen LogP contribution >= 0.6 is 11.6 Å². The highest BCUT2D eigenvalue weighted by atomic mass is 35.5. The second-order valence-electron chi connectivity index (χ2n) is 9.87. The van der Waals surface area contributed by atoms with Crippen LogP contribution in [0, 0.1) is 5.41 Å². The molecule has 170 valence electrons. The molecule has 3 aromatic heterocycles. The summed E-state index contributed by atoms with van der Waals surface area (Å²) in [5.41, 5.74) is 6.75. The monoisotopic (exact) mass is 469 g/mol. The van der Waals surface area contributed by atoms with E-state index in [1.807, 2.05) is 12.1 Å². The Morgan fingerprint density at radius 3 is 2.71 bits per heavy atom. The molecule has 34 heavy (non-hydrogen) atoms. The lowest BCUT2D eigenvalue weighted by Crippen LogP contribution is -2.42. The molecule has 1 aliphatic heterocycles. The molecular formula is C27H24ClN5O. The van der Waals surface area contributed by atoms with E-state index in [1.54, 1.807) is 18.6 Å². The fraction of sp³-hybridized carbons (Fsp3) is 0.333. The van der Waals surface area contributed by atoms with Gasteiger partial charge in [-0.2, -0.15) is 10.2 Å². The van der Waals surface area contributed by atoms with Crippen molar-refractivity contribution in [3.63, 3.8) is 0 Å². The van der Waals surface area contributed by atoms with E-state index in [1.165, 1.54) is 29.7 Å².